The number of rotatable bonds is 36. The number of nitrogens with one attached hydrogen (secondary N) is 1. The fourth-order valence-corrected chi connectivity index (χ4v) is 6.48. The Hall–Kier alpha value is -0.760. The number of unbranched alkanes of at least 4 members (excludes halogenated alkanes) is 21. The molecule has 1 amide bonds. The summed E-state index contributed by atoms with van der Waals surface area (Å²) < 4.78 is 23.5. The van der Waals surface area contributed by atoms with Crippen LogP contribution >= 0.6 is 7.82 Å². The van der Waals surface area contributed by atoms with Gasteiger partial charge in [0, 0.05) is 6.42 Å². The molecule has 0 rings (SSSR count). The minimum Gasteiger partial charge on any atom is -0.391 e. The minimum absolute atomic E-state index is 0.0751. The van der Waals surface area contributed by atoms with Gasteiger partial charge in [-0.25, -0.2) is 4.57 Å². The van der Waals surface area contributed by atoms with Crippen LogP contribution in [0, 0.1) is 0 Å². The molecule has 8 nitrogen and oxygen atoms in total. The van der Waals surface area contributed by atoms with Crippen molar-refractivity contribution in [1.29, 1.82) is 0 Å². The van der Waals surface area contributed by atoms with Gasteiger partial charge < -0.3 is 19.8 Å². The predicted molar refractivity (Wildman–Crippen MR) is 203 cm³/mol. The van der Waals surface area contributed by atoms with E-state index in [2.05, 4.69) is 31.3 Å². The van der Waals surface area contributed by atoms with Crippen LogP contribution in [0.15, 0.2) is 12.2 Å². The van der Waals surface area contributed by atoms with Gasteiger partial charge in [0.25, 0.3) is 0 Å². The van der Waals surface area contributed by atoms with Gasteiger partial charge in [0.2, 0.25) is 5.91 Å². The van der Waals surface area contributed by atoms with Crippen LogP contribution in [0.2, 0.25) is 0 Å². The number of carbonyl (C=O) groups is 1. The summed E-state index contributed by atoms with van der Waals surface area (Å²) in [5.74, 6) is -0.152. The van der Waals surface area contributed by atoms with Gasteiger partial charge in [0.15, 0.2) is 0 Å². The molecular weight excluding hydrogens is 623 g/mol. The Morgan fingerprint density at radius 3 is 1.60 bits per heavy atom. The van der Waals surface area contributed by atoms with Gasteiger partial charge in [-0.3, -0.25) is 13.8 Å². The summed E-state index contributed by atoms with van der Waals surface area (Å²) in [4.78, 5) is 23.0. The molecular formula is C39H80N2O6P+. The summed E-state index contributed by atoms with van der Waals surface area (Å²) in [5.41, 5.74) is 0. The van der Waals surface area contributed by atoms with E-state index >= 15 is 0 Å². The third-order valence-electron chi connectivity index (χ3n) is 9.01. The fourth-order valence-electron chi connectivity index (χ4n) is 5.74. The van der Waals surface area contributed by atoms with Crippen LogP contribution in [0.25, 0.3) is 0 Å². The van der Waals surface area contributed by atoms with Crippen molar-refractivity contribution in [1.82, 2.24) is 5.32 Å². The molecule has 48 heavy (non-hydrogen) atoms. The number of nitrogens with zero attached hydrogens (tertiary/aromatic N) is 1. The third-order valence-corrected chi connectivity index (χ3v) is 10.00. The van der Waals surface area contributed by atoms with Crippen LogP contribution in [-0.2, 0) is 18.4 Å². The molecule has 0 radical (unpaired) electrons. The zero-order valence-corrected chi connectivity index (χ0v) is 33.1. The molecule has 0 saturated carbocycles. The lowest BCUT2D eigenvalue weighted by atomic mass is 10.0. The van der Waals surface area contributed by atoms with Crippen molar-refractivity contribution >= 4 is 13.7 Å². The number of quaternary nitrogens is 1. The quantitative estimate of drug-likeness (QED) is 0.0260. The van der Waals surface area contributed by atoms with E-state index in [4.69, 9.17) is 9.05 Å². The van der Waals surface area contributed by atoms with Gasteiger partial charge in [-0.2, -0.15) is 0 Å². The van der Waals surface area contributed by atoms with E-state index in [0.717, 1.165) is 38.5 Å². The molecule has 0 spiro atoms. The Balaban J connectivity index is 4.35. The molecule has 0 bridgehead atoms. The van der Waals surface area contributed by atoms with Crippen molar-refractivity contribution in [2.75, 3.05) is 40.9 Å². The molecule has 0 aliphatic heterocycles. The number of carbonyl (C=O) groups excluding carboxylic acids is 1. The first-order chi connectivity index (χ1) is 23.0. The lowest BCUT2D eigenvalue weighted by Crippen LogP contribution is -2.46. The average molecular weight is 704 g/mol. The molecule has 0 aromatic heterocycles. The van der Waals surface area contributed by atoms with Crippen LogP contribution in [-0.4, -0.2) is 73.4 Å². The van der Waals surface area contributed by atoms with Gasteiger partial charge in [-0.1, -0.05) is 148 Å². The van der Waals surface area contributed by atoms with E-state index in [1.54, 1.807) is 0 Å². The molecule has 0 aromatic rings. The monoisotopic (exact) mass is 704 g/mol. The second-order valence-corrected chi connectivity index (χ2v) is 16.5. The molecule has 1 unspecified atom stereocenters. The van der Waals surface area contributed by atoms with Gasteiger partial charge in [-0.15, -0.1) is 0 Å². The molecule has 3 atom stereocenters. The molecule has 9 heteroatoms. The first kappa shape index (κ1) is 47.2. The van der Waals surface area contributed by atoms with Crippen LogP contribution in [0.3, 0.4) is 0 Å². The van der Waals surface area contributed by atoms with Gasteiger partial charge in [0.05, 0.1) is 39.9 Å². The maximum Gasteiger partial charge on any atom is 0.472 e. The van der Waals surface area contributed by atoms with Crippen molar-refractivity contribution < 1.29 is 32.9 Å². The molecule has 0 fully saturated rings. The maximum absolute atomic E-state index is 12.8. The smallest absolute Gasteiger partial charge is 0.391 e. The number of phosphoric acid groups is 1. The minimum atomic E-state index is -4.30. The number of allylic oxidation sites excluding steroid dienone is 2. The van der Waals surface area contributed by atoms with Crippen LogP contribution < -0.4 is 5.32 Å². The average Bonchev–Trinajstić information content (AvgIpc) is 3.02. The van der Waals surface area contributed by atoms with Crippen molar-refractivity contribution in [3.8, 4) is 0 Å². The molecule has 0 aromatic carbocycles. The number of hydrogen-bond donors (Lipinski definition) is 3. The fraction of sp³-hybridized carbons (Fsp3) is 0.923. The van der Waals surface area contributed by atoms with Gasteiger partial charge in [0.1, 0.15) is 13.2 Å². The summed E-state index contributed by atoms with van der Waals surface area (Å²) in [5, 5.41) is 13.8. The highest BCUT2D eigenvalue weighted by Gasteiger charge is 2.28. The Morgan fingerprint density at radius 1 is 0.688 bits per heavy atom. The number of phosphoric ester groups is 1. The summed E-state index contributed by atoms with van der Waals surface area (Å²) in [6.07, 6.45) is 33.8. The van der Waals surface area contributed by atoms with Crippen molar-refractivity contribution in [3.05, 3.63) is 12.2 Å². The third kappa shape index (κ3) is 33.7. The summed E-state index contributed by atoms with van der Waals surface area (Å²) in [7, 11) is 1.61. The predicted octanol–water partition coefficient (Wildman–Crippen LogP) is 10.4. The molecule has 0 aliphatic rings. The van der Waals surface area contributed by atoms with E-state index in [0.29, 0.717) is 23.9 Å². The van der Waals surface area contributed by atoms with Crippen molar-refractivity contribution in [2.45, 2.75) is 193 Å². The lowest BCUT2D eigenvalue weighted by Gasteiger charge is -2.26. The first-order valence-corrected chi connectivity index (χ1v) is 21.5. The zero-order valence-electron chi connectivity index (χ0n) is 32.2. The van der Waals surface area contributed by atoms with Crippen molar-refractivity contribution in [3.63, 3.8) is 0 Å². The highest BCUT2D eigenvalue weighted by Crippen LogP contribution is 2.43. The SMILES string of the molecule is CCCCCCCC/C=C/CCCCCCCCCC(=O)N[C@@H](COP(=O)(O)OCC[N+](C)(C)C)[C@H](O)CCCCCCCCCCC. The number of aliphatic hydroxyl groups excluding tert-OH is 1. The Bertz CT molecular complexity index is 804. The maximum atomic E-state index is 12.8. The Morgan fingerprint density at radius 2 is 1.12 bits per heavy atom. The summed E-state index contributed by atoms with van der Waals surface area (Å²) in [6, 6.07) is -0.756. The van der Waals surface area contributed by atoms with Crippen molar-refractivity contribution in [2.24, 2.45) is 0 Å². The standard InChI is InChI=1S/C39H79N2O6P/c1-6-8-10-12-14-16-17-18-19-20-21-22-23-25-27-29-31-33-39(43)40-37(36-47-48(44,45)46-35-34-41(3,4)5)38(42)32-30-28-26-24-15-13-11-9-7-2/h18-19,37-38,42H,6-17,20-36H2,1-5H3,(H-,40,43,44,45)/p+1/b19-18+/t37-,38+/m0/s1. The van der Waals surface area contributed by atoms with E-state index in [-0.39, 0.29) is 19.1 Å². The molecule has 0 saturated heterocycles. The summed E-state index contributed by atoms with van der Waals surface area (Å²) in [6.45, 7) is 4.85. The van der Waals surface area contributed by atoms with Crippen LogP contribution in [0.5, 0.6) is 0 Å². The second kappa shape index (κ2) is 32.2. The largest absolute Gasteiger partial charge is 0.472 e. The van der Waals surface area contributed by atoms with Crippen LogP contribution in [0.1, 0.15) is 181 Å². The topological polar surface area (TPSA) is 105 Å². The highest BCUT2D eigenvalue weighted by atomic mass is 31.2. The molecule has 286 valence electrons. The molecule has 3 N–H and O–H groups in total. The Kier molecular flexibility index (Phi) is 31.7. The van der Waals surface area contributed by atoms with E-state index < -0.39 is 20.0 Å². The first-order valence-electron chi connectivity index (χ1n) is 20.1. The van der Waals surface area contributed by atoms with Gasteiger partial charge in [-0.05, 0) is 38.5 Å². The van der Waals surface area contributed by atoms with E-state index in [9.17, 15) is 19.4 Å². The zero-order chi connectivity index (χ0) is 35.8. The normalized spacial score (nSPS) is 14.7. The van der Waals surface area contributed by atoms with E-state index in [1.807, 2.05) is 21.1 Å². The second-order valence-electron chi connectivity index (χ2n) is 15.0. The van der Waals surface area contributed by atoms with E-state index in [1.165, 1.54) is 116 Å². The van der Waals surface area contributed by atoms with Crippen LogP contribution in [0.4, 0.5) is 0 Å². The van der Waals surface area contributed by atoms with Gasteiger partial charge >= 0.3 is 7.82 Å². The number of aliphatic hydroxyl groups is 1. The summed E-state index contributed by atoms with van der Waals surface area (Å²) >= 11 is 0. The number of hydrogen-bond acceptors (Lipinski definition) is 5. The number of likely N-dealkylation sites (N-methyl/N-ethyl adjacent to an activating group) is 1. The molecule has 0 heterocycles. The lowest BCUT2D eigenvalue weighted by molar-refractivity contribution is -0.870. The Labute approximate surface area is 297 Å². The number of amides is 1. The highest BCUT2D eigenvalue weighted by molar-refractivity contribution is 7.47. The molecule has 0 aliphatic carbocycles.